The van der Waals surface area contributed by atoms with Crippen LogP contribution >= 0.6 is 0 Å². The minimum Gasteiger partial charge on any atom is -0.291 e. The molecule has 7 heteroatoms. The first-order valence-electron chi connectivity index (χ1n) is 5.25. The average Bonchev–Trinajstić information content (AvgIpc) is 2.58. The molecule has 4 atom stereocenters. The van der Waals surface area contributed by atoms with E-state index in [1.54, 1.807) is 0 Å². The van der Waals surface area contributed by atoms with Crippen molar-refractivity contribution in [3.05, 3.63) is 20.2 Å². The van der Waals surface area contributed by atoms with Crippen LogP contribution in [-0.4, -0.2) is 26.7 Å². The summed E-state index contributed by atoms with van der Waals surface area (Å²) in [5, 5.41) is 22.1. The molecular weight excluding hydrogens is 216 g/mol. The maximum atomic E-state index is 11.9. The molecule has 4 bridgehead atoms. The number of rotatable bonds is 2. The minimum absolute atomic E-state index is 0.142. The molecule has 4 aliphatic carbocycles. The fourth-order valence-electron chi connectivity index (χ4n) is 3.98. The van der Waals surface area contributed by atoms with E-state index in [9.17, 15) is 25.0 Å². The van der Waals surface area contributed by atoms with E-state index < -0.39 is 26.8 Å². The molecule has 0 saturated heterocycles. The van der Waals surface area contributed by atoms with Crippen molar-refractivity contribution < 1.29 is 14.6 Å². The third-order valence-electron chi connectivity index (χ3n) is 4.56. The summed E-state index contributed by atoms with van der Waals surface area (Å²) in [6.07, 6.45) is 0.552. The van der Waals surface area contributed by atoms with Gasteiger partial charge in [0.2, 0.25) is 11.3 Å². The number of nitrogens with zero attached hydrogens (tertiary/aromatic N) is 2. The molecule has 4 saturated carbocycles. The molecule has 0 aliphatic heterocycles. The summed E-state index contributed by atoms with van der Waals surface area (Å²) in [5.74, 6) is -0.945. The lowest BCUT2D eigenvalue weighted by Crippen LogP contribution is -2.57. The fourth-order valence-corrected chi connectivity index (χ4v) is 3.98. The Bertz CT molecular complexity index is 436. The van der Waals surface area contributed by atoms with Crippen molar-refractivity contribution in [1.82, 2.24) is 0 Å². The topological polar surface area (TPSA) is 103 Å². The number of ketones is 1. The van der Waals surface area contributed by atoms with Crippen LogP contribution in [-0.2, 0) is 4.79 Å². The Kier molecular flexibility index (Phi) is 1.46. The Morgan fingerprint density at radius 2 is 1.81 bits per heavy atom. The standard InChI is InChI=1S/C9H10N2O5/c12-7-6-3-8(10(13)14)1-5(6)2-9(7,4-8)11(15)16/h5-6H,1-4H2. The van der Waals surface area contributed by atoms with Crippen LogP contribution in [0.1, 0.15) is 25.7 Å². The second-order valence-electron chi connectivity index (χ2n) is 5.29. The summed E-state index contributed by atoms with van der Waals surface area (Å²) in [4.78, 5) is 33.0. The molecule has 0 aromatic rings. The van der Waals surface area contributed by atoms with Gasteiger partial charge in [-0.1, -0.05) is 0 Å². The van der Waals surface area contributed by atoms with Gasteiger partial charge in [-0.05, 0) is 5.92 Å². The third kappa shape index (κ3) is 0.793. The van der Waals surface area contributed by atoms with Gasteiger partial charge in [0.25, 0.3) is 5.54 Å². The Morgan fingerprint density at radius 1 is 1.12 bits per heavy atom. The van der Waals surface area contributed by atoms with Crippen LogP contribution in [0, 0.1) is 32.1 Å². The highest BCUT2D eigenvalue weighted by molar-refractivity contribution is 5.93. The number of carbonyl (C=O) groups excluding carboxylic acids is 1. The summed E-state index contributed by atoms with van der Waals surface area (Å²) in [7, 11) is 0. The second-order valence-corrected chi connectivity index (χ2v) is 5.29. The van der Waals surface area contributed by atoms with E-state index in [1.807, 2.05) is 0 Å². The van der Waals surface area contributed by atoms with E-state index in [1.165, 1.54) is 0 Å². The van der Waals surface area contributed by atoms with E-state index >= 15 is 0 Å². The molecular formula is C9H10N2O5. The van der Waals surface area contributed by atoms with Crippen molar-refractivity contribution in [2.24, 2.45) is 11.8 Å². The Labute approximate surface area is 90.1 Å². The zero-order valence-corrected chi connectivity index (χ0v) is 8.42. The van der Waals surface area contributed by atoms with Gasteiger partial charge in [-0.15, -0.1) is 0 Å². The van der Waals surface area contributed by atoms with Gasteiger partial charge in [0.1, 0.15) is 0 Å². The Hall–Kier alpha value is -1.53. The summed E-state index contributed by atoms with van der Waals surface area (Å²) in [5.41, 5.74) is -2.84. The highest BCUT2D eigenvalue weighted by atomic mass is 16.6. The van der Waals surface area contributed by atoms with E-state index in [4.69, 9.17) is 0 Å². The molecule has 0 amide bonds. The van der Waals surface area contributed by atoms with Gasteiger partial charge < -0.3 is 0 Å². The monoisotopic (exact) mass is 226 g/mol. The predicted octanol–water partition coefficient (Wildman–Crippen LogP) is 0.420. The molecule has 4 rings (SSSR count). The lowest BCUT2D eigenvalue weighted by atomic mass is 9.71. The molecule has 0 spiro atoms. The molecule has 4 fully saturated rings. The minimum atomic E-state index is -1.64. The molecule has 0 radical (unpaired) electrons. The van der Waals surface area contributed by atoms with Gasteiger partial charge in [0.05, 0.1) is 6.42 Å². The van der Waals surface area contributed by atoms with Gasteiger partial charge in [-0.25, -0.2) is 0 Å². The average molecular weight is 226 g/mol. The van der Waals surface area contributed by atoms with Gasteiger partial charge in [0.15, 0.2) is 0 Å². The number of hydrogen-bond acceptors (Lipinski definition) is 5. The van der Waals surface area contributed by atoms with E-state index in [-0.39, 0.29) is 31.0 Å². The maximum absolute atomic E-state index is 11.9. The highest BCUT2D eigenvalue weighted by Gasteiger charge is 2.78. The second kappa shape index (κ2) is 2.41. The quantitative estimate of drug-likeness (QED) is 0.501. The highest BCUT2D eigenvalue weighted by Crippen LogP contribution is 2.61. The number of Topliss-reactive ketones (excluding diaryl/α,β-unsaturated/α-hetero) is 1. The molecule has 16 heavy (non-hydrogen) atoms. The van der Waals surface area contributed by atoms with Gasteiger partial charge in [-0.3, -0.25) is 25.0 Å². The van der Waals surface area contributed by atoms with Crippen molar-refractivity contribution in [1.29, 1.82) is 0 Å². The van der Waals surface area contributed by atoms with Crippen molar-refractivity contribution >= 4 is 5.78 Å². The zero-order chi connectivity index (χ0) is 11.7. The van der Waals surface area contributed by atoms with E-state index in [0.717, 1.165) is 0 Å². The fraction of sp³-hybridized carbons (Fsp3) is 0.889. The summed E-state index contributed by atoms with van der Waals surface area (Å²) in [6, 6.07) is 0. The normalized spacial score (nSPS) is 48.6. The molecule has 0 aromatic heterocycles. The van der Waals surface area contributed by atoms with Gasteiger partial charge in [0, 0.05) is 35.0 Å². The predicted molar refractivity (Wildman–Crippen MR) is 49.9 cm³/mol. The van der Waals surface area contributed by atoms with Crippen molar-refractivity contribution in [2.75, 3.05) is 0 Å². The molecule has 4 aliphatic rings. The number of carbonyl (C=O) groups is 1. The zero-order valence-electron chi connectivity index (χ0n) is 8.42. The first kappa shape index (κ1) is 9.68. The first-order chi connectivity index (χ1) is 7.41. The lowest BCUT2D eigenvalue weighted by molar-refractivity contribution is -0.613. The summed E-state index contributed by atoms with van der Waals surface area (Å²) < 4.78 is 0. The molecule has 0 N–H and O–H groups in total. The molecule has 0 aromatic carbocycles. The van der Waals surface area contributed by atoms with Crippen LogP contribution in [0.15, 0.2) is 0 Å². The van der Waals surface area contributed by atoms with Crippen molar-refractivity contribution in [3.8, 4) is 0 Å². The number of hydrogen-bond donors (Lipinski definition) is 0. The maximum Gasteiger partial charge on any atom is 0.286 e. The van der Waals surface area contributed by atoms with Crippen LogP contribution in [0.4, 0.5) is 0 Å². The van der Waals surface area contributed by atoms with Crippen molar-refractivity contribution in [3.63, 3.8) is 0 Å². The van der Waals surface area contributed by atoms with Gasteiger partial charge in [-0.2, -0.15) is 0 Å². The summed E-state index contributed by atoms with van der Waals surface area (Å²) >= 11 is 0. The Balaban J connectivity index is 2.10. The van der Waals surface area contributed by atoms with Crippen LogP contribution < -0.4 is 0 Å². The third-order valence-corrected chi connectivity index (χ3v) is 4.56. The Morgan fingerprint density at radius 3 is 2.31 bits per heavy atom. The van der Waals surface area contributed by atoms with Crippen LogP contribution in [0.2, 0.25) is 0 Å². The molecule has 4 unspecified atom stereocenters. The SMILES string of the molecule is O=C1C2CC3([N+](=O)[O-])CC2CC1([N+](=O)[O-])C3. The first-order valence-corrected chi connectivity index (χ1v) is 5.25. The molecule has 0 heterocycles. The largest absolute Gasteiger partial charge is 0.291 e. The molecule has 86 valence electrons. The van der Waals surface area contributed by atoms with Crippen LogP contribution in [0.3, 0.4) is 0 Å². The van der Waals surface area contributed by atoms with Crippen LogP contribution in [0.5, 0.6) is 0 Å². The van der Waals surface area contributed by atoms with E-state index in [0.29, 0.717) is 6.42 Å². The molecule has 7 nitrogen and oxygen atoms in total. The van der Waals surface area contributed by atoms with E-state index in [2.05, 4.69) is 0 Å². The van der Waals surface area contributed by atoms with Crippen LogP contribution in [0.25, 0.3) is 0 Å². The summed E-state index contributed by atoms with van der Waals surface area (Å²) in [6.45, 7) is 0. The van der Waals surface area contributed by atoms with Gasteiger partial charge >= 0.3 is 0 Å². The van der Waals surface area contributed by atoms with Crippen molar-refractivity contribution in [2.45, 2.75) is 36.8 Å². The smallest absolute Gasteiger partial charge is 0.286 e. The lowest BCUT2D eigenvalue weighted by Gasteiger charge is -2.33. The number of nitro groups is 2.